The largest absolute Gasteiger partial charge is 0.311 e. The highest BCUT2D eigenvalue weighted by atomic mass is 19.3. The van der Waals surface area contributed by atoms with E-state index in [9.17, 15) is 13.6 Å². The Labute approximate surface area is 129 Å². The van der Waals surface area contributed by atoms with Crippen molar-refractivity contribution >= 4 is 22.6 Å². The van der Waals surface area contributed by atoms with Crippen molar-refractivity contribution < 1.29 is 13.6 Å². The first kappa shape index (κ1) is 14.9. The third-order valence-electron chi connectivity index (χ3n) is 3.05. The Kier molecular flexibility index (Phi) is 3.47. The van der Waals surface area contributed by atoms with Gasteiger partial charge < -0.3 is 5.32 Å². The Bertz CT molecular complexity index is 886. The fraction of sp³-hybridized carbons (Fsp3) is 0.214. The van der Waals surface area contributed by atoms with E-state index in [1.807, 2.05) is 0 Å². The van der Waals surface area contributed by atoms with Gasteiger partial charge in [0.15, 0.2) is 11.5 Å². The van der Waals surface area contributed by atoms with E-state index in [2.05, 4.69) is 25.4 Å². The topological polar surface area (TPSA) is 85.6 Å². The van der Waals surface area contributed by atoms with Gasteiger partial charge in [-0.1, -0.05) is 0 Å². The zero-order valence-corrected chi connectivity index (χ0v) is 12.3. The molecule has 0 spiro atoms. The summed E-state index contributed by atoms with van der Waals surface area (Å²) >= 11 is 0. The van der Waals surface area contributed by atoms with Crippen molar-refractivity contribution in [2.75, 3.05) is 5.32 Å². The second-order valence-corrected chi connectivity index (χ2v) is 4.98. The van der Waals surface area contributed by atoms with Gasteiger partial charge in [0.2, 0.25) is 5.91 Å². The lowest BCUT2D eigenvalue weighted by Gasteiger charge is -2.13. The summed E-state index contributed by atoms with van der Waals surface area (Å²) in [5, 5.41) is 7.24. The maximum absolute atomic E-state index is 13.7. The van der Waals surface area contributed by atoms with Crippen LogP contribution in [0.2, 0.25) is 0 Å². The van der Waals surface area contributed by atoms with Crippen LogP contribution < -0.4 is 5.32 Å². The molecule has 3 rings (SSSR count). The van der Waals surface area contributed by atoms with E-state index in [1.54, 1.807) is 0 Å². The van der Waals surface area contributed by atoms with Crippen LogP contribution in [-0.2, 0) is 10.7 Å². The lowest BCUT2D eigenvalue weighted by molar-refractivity contribution is -0.114. The van der Waals surface area contributed by atoms with Gasteiger partial charge >= 0.3 is 0 Å². The number of amides is 1. The van der Waals surface area contributed by atoms with Gasteiger partial charge in [0.05, 0.1) is 11.7 Å². The molecule has 0 bridgehead atoms. The van der Waals surface area contributed by atoms with Crippen LogP contribution in [0.25, 0.3) is 16.7 Å². The van der Waals surface area contributed by atoms with Gasteiger partial charge in [-0.3, -0.25) is 4.79 Å². The van der Waals surface area contributed by atoms with E-state index in [1.165, 1.54) is 42.5 Å². The number of nitrogens with one attached hydrogen (secondary N) is 1. The van der Waals surface area contributed by atoms with Gasteiger partial charge in [0.1, 0.15) is 5.82 Å². The Morgan fingerprint density at radius 2 is 1.96 bits per heavy atom. The van der Waals surface area contributed by atoms with Gasteiger partial charge in [-0.05, 0) is 0 Å². The first-order chi connectivity index (χ1) is 10.9. The minimum Gasteiger partial charge on any atom is -0.311 e. The molecule has 1 N–H and O–H groups in total. The molecule has 0 atom stereocenters. The minimum atomic E-state index is -3.17. The Balaban J connectivity index is 2.19. The standard InChI is InChI=1S/C14H12F2N6O/c1-8(23)21-11-5-10-9(6-19-11)7-20-22(10)13-12(14(2,15)16)17-3-4-18-13/h3-7H,1-2H3,(H,19,21,23). The van der Waals surface area contributed by atoms with Crippen molar-refractivity contribution in [3.05, 3.63) is 36.5 Å². The number of fused-ring (bicyclic) bond motifs is 1. The van der Waals surface area contributed by atoms with Gasteiger partial charge in [-0.25, -0.2) is 19.6 Å². The molecule has 23 heavy (non-hydrogen) atoms. The quantitative estimate of drug-likeness (QED) is 0.800. The number of carbonyl (C=O) groups excluding carboxylic acids is 1. The highest BCUT2D eigenvalue weighted by Crippen LogP contribution is 2.30. The molecular formula is C14H12F2N6O. The number of rotatable bonds is 3. The lowest BCUT2D eigenvalue weighted by Crippen LogP contribution is -2.16. The monoisotopic (exact) mass is 318 g/mol. The summed E-state index contributed by atoms with van der Waals surface area (Å²) in [5.41, 5.74) is -0.00219. The molecule has 0 aliphatic heterocycles. The molecule has 9 heteroatoms. The molecule has 1 amide bonds. The van der Waals surface area contributed by atoms with Crippen LogP contribution in [0.1, 0.15) is 19.5 Å². The summed E-state index contributed by atoms with van der Waals surface area (Å²) in [7, 11) is 0. The van der Waals surface area contributed by atoms with E-state index < -0.39 is 11.6 Å². The van der Waals surface area contributed by atoms with Crippen LogP contribution in [0.3, 0.4) is 0 Å². The average Bonchev–Trinajstić information content (AvgIpc) is 2.88. The number of nitrogens with zero attached hydrogens (tertiary/aromatic N) is 5. The van der Waals surface area contributed by atoms with Crippen molar-refractivity contribution in [2.24, 2.45) is 0 Å². The first-order valence-corrected chi connectivity index (χ1v) is 6.67. The SMILES string of the molecule is CC(=O)Nc1cc2c(cn1)cnn2-c1nccnc1C(C)(F)F. The van der Waals surface area contributed by atoms with Crippen molar-refractivity contribution in [2.45, 2.75) is 19.8 Å². The molecule has 3 aromatic rings. The summed E-state index contributed by atoms with van der Waals surface area (Å²) in [5.74, 6) is -3.24. The Morgan fingerprint density at radius 1 is 1.22 bits per heavy atom. The number of carbonyl (C=O) groups is 1. The molecule has 0 saturated carbocycles. The lowest BCUT2D eigenvalue weighted by atomic mass is 10.2. The second-order valence-electron chi connectivity index (χ2n) is 4.98. The molecule has 0 fully saturated rings. The Hall–Kier alpha value is -2.97. The molecule has 0 radical (unpaired) electrons. The summed E-state index contributed by atoms with van der Waals surface area (Å²) in [6.07, 6.45) is 5.48. The average molecular weight is 318 g/mol. The van der Waals surface area contributed by atoms with Crippen LogP contribution in [0, 0.1) is 0 Å². The predicted octanol–water partition coefficient (Wildman–Crippen LogP) is 2.28. The van der Waals surface area contributed by atoms with E-state index in [-0.39, 0.29) is 11.7 Å². The number of pyridine rings is 1. The molecule has 3 aromatic heterocycles. The van der Waals surface area contributed by atoms with E-state index >= 15 is 0 Å². The molecule has 0 aromatic carbocycles. The van der Waals surface area contributed by atoms with E-state index in [0.29, 0.717) is 16.7 Å². The number of halogens is 2. The first-order valence-electron chi connectivity index (χ1n) is 6.67. The zero-order chi connectivity index (χ0) is 16.6. The van der Waals surface area contributed by atoms with Gasteiger partial charge in [-0.2, -0.15) is 13.9 Å². The van der Waals surface area contributed by atoms with Crippen LogP contribution in [-0.4, -0.2) is 30.6 Å². The maximum Gasteiger partial charge on any atom is 0.290 e. The maximum atomic E-state index is 13.7. The van der Waals surface area contributed by atoms with E-state index in [4.69, 9.17) is 0 Å². The van der Waals surface area contributed by atoms with Gasteiger partial charge in [0, 0.05) is 43.9 Å². The fourth-order valence-corrected chi connectivity index (χ4v) is 2.13. The van der Waals surface area contributed by atoms with Gasteiger partial charge in [-0.15, -0.1) is 0 Å². The highest BCUT2D eigenvalue weighted by molar-refractivity contribution is 5.90. The molecule has 118 valence electrons. The smallest absolute Gasteiger partial charge is 0.290 e. The van der Waals surface area contributed by atoms with Crippen molar-refractivity contribution in [1.82, 2.24) is 24.7 Å². The van der Waals surface area contributed by atoms with E-state index in [0.717, 1.165) is 6.92 Å². The number of alkyl halides is 2. The summed E-state index contributed by atoms with van der Waals surface area (Å²) < 4.78 is 28.7. The van der Waals surface area contributed by atoms with Crippen LogP contribution in [0.4, 0.5) is 14.6 Å². The van der Waals surface area contributed by atoms with Crippen molar-refractivity contribution in [3.63, 3.8) is 0 Å². The third kappa shape index (κ3) is 2.85. The van der Waals surface area contributed by atoms with Crippen LogP contribution in [0.5, 0.6) is 0 Å². The molecule has 7 nitrogen and oxygen atoms in total. The molecule has 0 unspecified atom stereocenters. The normalized spacial score (nSPS) is 11.7. The van der Waals surface area contributed by atoms with Crippen molar-refractivity contribution in [3.8, 4) is 5.82 Å². The predicted molar refractivity (Wildman–Crippen MR) is 78.3 cm³/mol. The zero-order valence-electron chi connectivity index (χ0n) is 12.3. The van der Waals surface area contributed by atoms with Crippen LogP contribution in [0.15, 0.2) is 30.9 Å². The highest BCUT2D eigenvalue weighted by Gasteiger charge is 2.31. The summed E-state index contributed by atoms with van der Waals surface area (Å²) in [4.78, 5) is 22.9. The number of hydrogen-bond acceptors (Lipinski definition) is 5. The summed E-state index contributed by atoms with van der Waals surface area (Å²) in [6.45, 7) is 2.10. The number of hydrogen-bond donors (Lipinski definition) is 1. The summed E-state index contributed by atoms with van der Waals surface area (Å²) in [6, 6.07) is 1.54. The second kappa shape index (κ2) is 5.34. The molecule has 0 aliphatic carbocycles. The van der Waals surface area contributed by atoms with Crippen LogP contribution >= 0.6 is 0 Å². The third-order valence-corrected chi connectivity index (χ3v) is 3.05. The molecular weight excluding hydrogens is 306 g/mol. The molecule has 0 saturated heterocycles. The van der Waals surface area contributed by atoms with Gasteiger partial charge in [0.25, 0.3) is 5.92 Å². The molecule has 0 aliphatic rings. The fourth-order valence-electron chi connectivity index (χ4n) is 2.13. The molecule has 3 heterocycles. The van der Waals surface area contributed by atoms with Crippen molar-refractivity contribution in [1.29, 1.82) is 0 Å². The Morgan fingerprint density at radius 3 is 2.65 bits per heavy atom. The number of anilines is 1. The minimum absolute atomic E-state index is 0.0741. The number of aromatic nitrogens is 5.